The van der Waals surface area contributed by atoms with Crippen LogP contribution >= 0.6 is 27.3 Å². The number of fused-ring (bicyclic) bond motifs is 1. The molecule has 0 fully saturated rings. The predicted molar refractivity (Wildman–Crippen MR) is 126 cm³/mol. The number of anilines is 3. The van der Waals surface area contributed by atoms with Crippen LogP contribution in [0.15, 0.2) is 71.2 Å². The molecule has 3 aromatic carbocycles. The van der Waals surface area contributed by atoms with E-state index in [2.05, 4.69) is 36.9 Å². The zero-order valence-electron chi connectivity index (χ0n) is 15.9. The molecule has 0 aliphatic heterocycles. The molecule has 4 rings (SSSR count). The highest BCUT2D eigenvalue weighted by Crippen LogP contribution is 2.31. The quantitative estimate of drug-likeness (QED) is 0.322. The van der Waals surface area contributed by atoms with Crippen molar-refractivity contribution in [3.63, 3.8) is 0 Å². The third-order valence-corrected chi connectivity index (χ3v) is 5.93. The summed E-state index contributed by atoms with van der Waals surface area (Å²) in [5.74, 6) is -0.210. The highest BCUT2D eigenvalue weighted by Gasteiger charge is 2.13. The van der Waals surface area contributed by atoms with Crippen molar-refractivity contribution in [1.82, 2.24) is 4.98 Å². The number of hydrogen-bond donors (Lipinski definition) is 3. The first-order chi connectivity index (χ1) is 14.5. The van der Waals surface area contributed by atoms with E-state index in [1.54, 1.807) is 12.1 Å². The number of benzene rings is 3. The molecule has 3 N–H and O–H groups in total. The molecule has 0 aliphatic rings. The maximum atomic E-state index is 12.4. The number of hydrogen-bond acceptors (Lipinski definition) is 4. The predicted octanol–water partition coefficient (Wildman–Crippen LogP) is 6.26. The maximum absolute atomic E-state index is 12.4. The molecule has 150 valence electrons. The fourth-order valence-electron chi connectivity index (χ4n) is 2.93. The number of amides is 3. The summed E-state index contributed by atoms with van der Waals surface area (Å²) in [6.45, 7) is 1.92. The van der Waals surface area contributed by atoms with Crippen LogP contribution in [-0.2, 0) is 0 Å². The van der Waals surface area contributed by atoms with Gasteiger partial charge in [0.2, 0.25) is 0 Å². The summed E-state index contributed by atoms with van der Waals surface area (Å²) in [6.07, 6.45) is 0. The van der Waals surface area contributed by atoms with Crippen molar-refractivity contribution < 1.29 is 9.59 Å². The van der Waals surface area contributed by atoms with Crippen molar-refractivity contribution in [2.75, 3.05) is 16.0 Å². The lowest BCUT2D eigenvalue weighted by Gasteiger charge is -2.09. The molecule has 3 amide bonds. The van der Waals surface area contributed by atoms with Gasteiger partial charge in [0.05, 0.1) is 15.9 Å². The van der Waals surface area contributed by atoms with Crippen molar-refractivity contribution in [2.24, 2.45) is 0 Å². The van der Waals surface area contributed by atoms with Gasteiger partial charge in [0.15, 0.2) is 5.13 Å². The molecule has 0 saturated carbocycles. The van der Waals surface area contributed by atoms with Crippen molar-refractivity contribution in [3.05, 3.63) is 82.3 Å². The van der Waals surface area contributed by atoms with Gasteiger partial charge in [0, 0.05) is 15.7 Å². The SMILES string of the molecule is Cc1cc(NC(=O)Nc2ccccc2Br)cc2sc(NC(=O)c3ccccc3)nc12. The minimum absolute atomic E-state index is 0.210. The van der Waals surface area contributed by atoms with Crippen LogP contribution in [0.2, 0.25) is 0 Å². The molecule has 1 aromatic heterocycles. The average molecular weight is 481 g/mol. The Morgan fingerprint density at radius 3 is 2.43 bits per heavy atom. The summed E-state index contributed by atoms with van der Waals surface area (Å²) in [4.78, 5) is 29.3. The van der Waals surface area contributed by atoms with Gasteiger partial charge in [-0.1, -0.05) is 41.7 Å². The van der Waals surface area contributed by atoms with Crippen molar-refractivity contribution in [2.45, 2.75) is 6.92 Å². The van der Waals surface area contributed by atoms with Gasteiger partial charge in [0.1, 0.15) is 0 Å². The standard InChI is InChI=1S/C22H17BrN4O2S/c1-13-11-15(24-21(29)25-17-10-6-5-9-16(17)23)12-18-19(13)26-22(30-18)27-20(28)14-7-3-2-4-8-14/h2-12H,1H3,(H2,24,25,29)(H,26,27,28). The second-order valence-electron chi connectivity index (χ2n) is 6.54. The number of aromatic nitrogens is 1. The first kappa shape index (κ1) is 20.1. The highest BCUT2D eigenvalue weighted by atomic mass is 79.9. The Morgan fingerprint density at radius 1 is 0.933 bits per heavy atom. The topological polar surface area (TPSA) is 83.1 Å². The monoisotopic (exact) mass is 480 g/mol. The molecule has 1 heterocycles. The summed E-state index contributed by atoms with van der Waals surface area (Å²) in [5.41, 5.74) is 3.59. The second kappa shape index (κ2) is 8.64. The third-order valence-electron chi connectivity index (χ3n) is 4.32. The molecule has 4 aromatic rings. The number of carbonyl (C=O) groups excluding carboxylic acids is 2. The lowest BCUT2D eigenvalue weighted by atomic mass is 10.2. The number of carbonyl (C=O) groups is 2. The van der Waals surface area contributed by atoms with Crippen LogP contribution in [0.3, 0.4) is 0 Å². The van der Waals surface area contributed by atoms with E-state index in [1.807, 2.05) is 61.5 Å². The van der Waals surface area contributed by atoms with Crippen LogP contribution in [0.1, 0.15) is 15.9 Å². The number of halogens is 1. The van der Waals surface area contributed by atoms with E-state index in [-0.39, 0.29) is 11.9 Å². The first-order valence-corrected chi connectivity index (χ1v) is 10.7. The minimum atomic E-state index is -0.345. The number of para-hydroxylation sites is 1. The Kier molecular flexibility index (Phi) is 5.78. The summed E-state index contributed by atoms with van der Waals surface area (Å²) in [6, 6.07) is 19.7. The Labute approximate surface area is 185 Å². The fraction of sp³-hybridized carbons (Fsp3) is 0.0455. The maximum Gasteiger partial charge on any atom is 0.323 e. The first-order valence-electron chi connectivity index (χ1n) is 9.10. The van der Waals surface area contributed by atoms with Gasteiger partial charge in [-0.25, -0.2) is 9.78 Å². The summed E-state index contributed by atoms with van der Waals surface area (Å²) in [5, 5.41) is 9.01. The van der Waals surface area contributed by atoms with Crippen LogP contribution in [-0.4, -0.2) is 16.9 Å². The molecule has 0 unspecified atom stereocenters. The molecule has 30 heavy (non-hydrogen) atoms. The third kappa shape index (κ3) is 4.50. The second-order valence-corrected chi connectivity index (χ2v) is 8.42. The highest BCUT2D eigenvalue weighted by molar-refractivity contribution is 9.10. The smallest absolute Gasteiger partial charge is 0.308 e. The largest absolute Gasteiger partial charge is 0.323 e. The minimum Gasteiger partial charge on any atom is -0.308 e. The molecule has 0 radical (unpaired) electrons. The molecule has 0 bridgehead atoms. The summed E-state index contributed by atoms with van der Waals surface area (Å²) < 4.78 is 1.67. The van der Waals surface area contributed by atoms with Gasteiger partial charge in [0.25, 0.3) is 5.91 Å². The van der Waals surface area contributed by atoms with Crippen molar-refractivity contribution in [3.8, 4) is 0 Å². The van der Waals surface area contributed by atoms with Gasteiger partial charge < -0.3 is 10.6 Å². The van der Waals surface area contributed by atoms with Gasteiger partial charge in [-0.05, 0) is 64.8 Å². The summed E-state index contributed by atoms with van der Waals surface area (Å²) >= 11 is 4.77. The molecule has 8 heteroatoms. The number of thiazole rings is 1. The van der Waals surface area contributed by atoms with Crippen LogP contribution in [0, 0.1) is 6.92 Å². The van der Waals surface area contributed by atoms with Crippen LogP contribution < -0.4 is 16.0 Å². The number of aryl methyl sites for hydroxylation is 1. The number of nitrogens with zero attached hydrogens (tertiary/aromatic N) is 1. The average Bonchev–Trinajstić information content (AvgIpc) is 3.13. The van der Waals surface area contributed by atoms with Crippen LogP contribution in [0.4, 0.5) is 21.3 Å². The van der Waals surface area contributed by atoms with E-state index < -0.39 is 0 Å². The van der Waals surface area contributed by atoms with E-state index in [1.165, 1.54) is 11.3 Å². The Balaban J connectivity index is 1.51. The van der Waals surface area contributed by atoms with E-state index in [0.717, 1.165) is 20.3 Å². The number of rotatable bonds is 4. The zero-order valence-corrected chi connectivity index (χ0v) is 18.3. The molecule has 0 saturated heterocycles. The Bertz CT molecular complexity index is 1240. The van der Waals surface area contributed by atoms with E-state index >= 15 is 0 Å². The fourth-order valence-corrected chi connectivity index (χ4v) is 4.29. The molecular weight excluding hydrogens is 464 g/mol. The van der Waals surface area contributed by atoms with Crippen LogP contribution in [0.25, 0.3) is 10.2 Å². The van der Waals surface area contributed by atoms with Gasteiger partial charge in [-0.3, -0.25) is 10.1 Å². The number of urea groups is 1. The normalized spacial score (nSPS) is 10.6. The van der Waals surface area contributed by atoms with Gasteiger partial charge in [-0.15, -0.1) is 0 Å². The molecule has 0 atom stereocenters. The molecular formula is C22H17BrN4O2S. The zero-order chi connectivity index (χ0) is 21.1. The van der Waals surface area contributed by atoms with E-state index in [4.69, 9.17) is 0 Å². The van der Waals surface area contributed by atoms with Gasteiger partial charge >= 0.3 is 6.03 Å². The van der Waals surface area contributed by atoms with Crippen LogP contribution in [0.5, 0.6) is 0 Å². The van der Waals surface area contributed by atoms with E-state index in [0.29, 0.717) is 22.1 Å². The number of nitrogens with one attached hydrogen (secondary N) is 3. The Hall–Kier alpha value is -3.23. The van der Waals surface area contributed by atoms with Crippen molar-refractivity contribution >= 4 is 65.9 Å². The lowest BCUT2D eigenvalue weighted by Crippen LogP contribution is -2.19. The molecule has 0 aliphatic carbocycles. The van der Waals surface area contributed by atoms with Crippen molar-refractivity contribution in [1.29, 1.82) is 0 Å². The lowest BCUT2D eigenvalue weighted by molar-refractivity contribution is 0.102. The molecule has 6 nitrogen and oxygen atoms in total. The molecule has 0 spiro atoms. The van der Waals surface area contributed by atoms with E-state index in [9.17, 15) is 9.59 Å². The summed E-state index contributed by atoms with van der Waals surface area (Å²) in [7, 11) is 0. The Morgan fingerprint density at radius 2 is 1.67 bits per heavy atom. The van der Waals surface area contributed by atoms with Gasteiger partial charge in [-0.2, -0.15) is 0 Å².